The molecule has 0 aliphatic carbocycles. The van der Waals surface area contributed by atoms with Crippen molar-refractivity contribution in [1.29, 1.82) is 0 Å². The van der Waals surface area contributed by atoms with E-state index in [4.69, 9.17) is 9.84 Å². The average molecular weight is 245 g/mol. The Labute approximate surface area is 105 Å². The third-order valence-electron chi connectivity index (χ3n) is 3.10. The summed E-state index contributed by atoms with van der Waals surface area (Å²) in [5.41, 5.74) is 0. The van der Waals surface area contributed by atoms with Crippen LogP contribution in [-0.4, -0.2) is 37.4 Å². The standard InChI is InChI=1S/C13H27NO3/c1-4-6-7-12(13(16)17-3)14-10-11(5-2)8-9-15/h11-12,14-15H,4-10H2,1-3H3. The van der Waals surface area contributed by atoms with Crippen molar-refractivity contribution in [2.75, 3.05) is 20.3 Å². The smallest absolute Gasteiger partial charge is 0.322 e. The molecule has 0 spiro atoms. The minimum Gasteiger partial charge on any atom is -0.468 e. The number of esters is 1. The minimum atomic E-state index is -0.201. The van der Waals surface area contributed by atoms with E-state index in [1.54, 1.807) is 0 Å². The molecule has 0 bridgehead atoms. The molecule has 0 rings (SSSR count). The molecule has 0 saturated carbocycles. The van der Waals surface area contributed by atoms with Gasteiger partial charge < -0.3 is 15.2 Å². The van der Waals surface area contributed by atoms with Gasteiger partial charge in [-0.25, -0.2) is 0 Å². The molecule has 0 aliphatic heterocycles. The predicted molar refractivity (Wildman–Crippen MR) is 68.8 cm³/mol. The molecule has 0 aliphatic rings. The zero-order chi connectivity index (χ0) is 13.1. The van der Waals surface area contributed by atoms with Crippen LogP contribution in [0.15, 0.2) is 0 Å². The largest absolute Gasteiger partial charge is 0.468 e. The number of hydrogen-bond donors (Lipinski definition) is 2. The number of methoxy groups -OCH3 is 1. The van der Waals surface area contributed by atoms with Gasteiger partial charge in [-0.1, -0.05) is 33.1 Å². The van der Waals surface area contributed by atoms with Gasteiger partial charge in [-0.3, -0.25) is 4.79 Å². The number of nitrogens with one attached hydrogen (secondary N) is 1. The fraction of sp³-hybridized carbons (Fsp3) is 0.923. The molecule has 2 N–H and O–H groups in total. The maximum Gasteiger partial charge on any atom is 0.322 e. The van der Waals surface area contributed by atoms with Gasteiger partial charge in [0.25, 0.3) is 0 Å². The van der Waals surface area contributed by atoms with Gasteiger partial charge in [0.1, 0.15) is 6.04 Å². The second kappa shape index (κ2) is 10.5. The summed E-state index contributed by atoms with van der Waals surface area (Å²) in [7, 11) is 1.42. The summed E-state index contributed by atoms with van der Waals surface area (Å²) >= 11 is 0. The summed E-state index contributed by atoms with van der Waals surface area (Å²) in [4.78, 5) is 11.5. The van der Waals surface area contributed by atoms with Crippen LogP contribution < -0.4 is 5.32 Å². The summed E-state index contributed by atoms with van der Waals surface area (Å²) in [6.07, 6.45) is 4.70. The van der Waals surface area contributed by atoms with Crippen molar-refractivity contribution in [3.63, 3.8) is 0 Å². The van der Waals surface area contributed by atoms with Gasteiger partial charge in [-0.05, 0) is 25.3 Å². The van der Waals surface area contributed by atoms with Crippen molar-refractivity contribution >= 4 is 5.97 Å². The van der Waals surface area contributed by atoms with Crippen molar-refractivity contribution in [1.82, 2.24) is 5.32 Å². The molecule has 4 nitrogen and oxygen atoms in total. The van der Waals surface area contributed by atoms with Crippen LogP contribution in [0.3, 0.4) is 0 Å². The molecule has 102 valence electrons. The summed E-state index contributed by atoms with van der Waals surface area (Å²) in [6.45, 7) is 5.18. The minimum absolute atomic E-state index is 0.183. The van der Waals surface area contributed by atoms with Gasteiger partial charge in [0, 0.05) is 6.61 Å². The Hall–Kier alpha value is -0.610. The summed E-state index contributed by atoms with van der Waals surface area (Å²) in [5.74, 6) is 0.242. The van der Waals surface area contributed by atoms with Gasteiger partial charge in [0.15, 0.2) is 0 Å². The van der Waals surface area contributed by atoms with Gasteiger partial charge >= 0.3 is 5.97 Å². The number of hydrogen-bond acceptors (Lipinski definition) is 4. The Balaban J connectivity index is 4.08. The van der Waals surface area contributed by atoms with E-state index >= 15 is 0 Å². The number of carbonyl (C=O) groups is 1. The number of carbonyl (C=O) groups excluding carboxylic acids is 1. The Kier molecular flexibility index (Phi) is 10.2. The third-order valence-corrected chi connectivity index (χ3v) is 3.10. The van der Waals surface area contributed by atoms with Crippen molar-refractivity contribution in [2.45, 2.75) is 52.0 Å². The maximum atomic E-state index is 11.5. The normalized spacial score (nSPS) is 14.4. The van der Waals surface area contributed by atoms with Crippen LogP contribution in [0.5, 0.6) is 0 Å². The topological polar surface area (TPSA) is 58.6 Å². The predicted octanol–water partition coefficient (Wildman–Crippen LogP) is 1.72. The van der Waals surface area contributed by atoms with E-state index in [2.05, 4.69) is 19.2 Å². The molecule has 0 radical (unpaired) electrons. The first-order valence-corrected chi connectivity index (χ1v) is 6.61. The van der Waals surface area contributed by atoms with Crippen LogP contribution in [0.25, 0.3) is 0 Å². The summed E-state index contributed by atoms with van der Waals surface area (Å²) < 4.78 is 4.78. The zero-order valence-electron chi connectivity index (χ0n) is 11.4. The molecule has 0 amide bonds. The fourth-order valence-corrected chi connectivity index (χ4v) is 1.80. The number of aliphatic hydroxyl groups is 1. The summed E-state index contributed by atoms with van der Waals surface area (Å²) in [6, 6.07) is -0.201. The van der Waals surface area contributed by atoms with Crippen molar-refractivity contribution in [3.05, 3.63) is 0 Å². The van der Waals surface area contributed by atoms with E-state index in [0.717, 1.165) is 38.6 Å². The van der Waals surface area contributed by atoms with Gasteiger partial charge in [0.2, 0.25) is 0 Å². The van der Waals surface area contributed by atoms with E-state index in [9.17, 15) is 4.79 Å². The molecule has 0 aromatic rings. The Morgan fingerprint density at radius 1 is 1.35 bits per heavy atom. The van der Waals surface area contributed by atoms with Crippen LogP contribution in [-0.2, 0) is 9.53 Å². The maximum absolute atomic E-state index is 11.5. The number of aliphatic hydroxyl groups excluding tert-OH is 1. The van der Waals surface area contributed by atoms with Crippen LogP contribution in [0.1, 0.15) is 46.0 Å². The Morgan fingerprint density at radius 3 is 2.53 bits per heavy atom. The molecule has 17 heavy (non-hydrogen) atoms. The first kappa shape index (κ1) is 16.4. The van der Waals surface area contributed by atoms with Crippen molar-refractivity contribution in [3.8, 4) is 0 Å². The quantitative estimate of drug-likeness (QED) is 0.575. The summed E-state index contributed by atoms with van der Waals surface area (Å²) in [5, 5.41) is 12.2. The lowest BCUT2D eigenvalue weighted by molar-refractivity contribution is -0.143. The van der Waals surface area contributed by atoms with Gasteiger partial charge in [-0.2, -0.15) is 0 Å². The van der Waals surface area contributed by atoms with Crippen LogP contribution in [0.2, 0.25) is 0 Å². The highest BCUT2D eigenvalue weighted by Crippen LogP contribution is 2.08. The van der Waals surface area contributed by atoms with Crippen LogP contribution in [0, 0.1) is 5.92 Å². The molecule has 4 heteroatoms. The molecule has 0 fully saturated rings. The highest BCUT2D eigenvalue weighted by atomic mass is 16.5. The first-order chi connectivity index (χ1) is 8.19. The van der Waals surface area contributed by atoms with Crippen molar-refractivity contribution < 1.29 is 14.6 Å². The third kappa shape index (κ3) is 7.34. The van der Waals surface area contributed by atoms with Crippen LogP contribution in [0.4, 0.5) is 0 Å². The number of unbranched alkanes of at least 4 members (excludes halogenated alkanes) is 1. The molecule has 0 heterocycles. The molecule has 0 aromatic heterocycles. The Bertz CT molecular complexity index is 197. The second-order valence-corrected chi connectivity index (χ2v) is 4.41. The van der Waals surface area contributed by atoms with Crippen LogP contribution >= 0.6 is 0 Å². The van der Waals surface area contributed by atoms with E-state index in [0.29, 0.717) is 5.92 Å². The molecular formula is C13H27NO3. The zero-order valence-corrected chi connectivity index (χ0v) is 11.4. The van der Waals surface area contributed by atoms with E-state index < -0.39 is 0 Å². The average Bonchev–Trinajstić information content (AvgIpc) is 2.36. The molecular weight excluding hydrogens is 218 g/mol. The SMILES string of the molecule is CCCCC(NCC(CC)CCO)C(=O)OC. The lowest BCUT2D eigenvalue weighted by Gasteiger charge is -2.20. The molecule has 2 unspecified atom stereocenters. The second-order valence-electron chi connectivity index (χ2n) is 4.41. The van der Waals surface area contributed by atoms with Gasteiger partial charge in [0.05, 0.1) is 7.11 Å². The lowest BCUT2D eigenvalue weighted by atomic mass is 10.0. The highest BCUT2D eigenvalue weighted by molar-refractivity contribution is 5.75. The van der Waals surface area contributed by atoms with Crippen molar-refractivity contribution in [2.24, 2.45) is 5.92 Å². The monoisotopic (exact) mass is 245 g/mol. The number of rotatable bonds is 10. The molecule has 2 atom stereocenters. The lowest BCUT2D eigenvalue weighted by Crippen LogP contribution is -2.40. The molecule has 0 aromatic carbocycles. The highest BCUT2D eigenvalue weighted by Gasteiger charge is 2.19. The fourth-order valence-electron chi connectivity index (χ4n) is 1.80. The molecule has 0 saturated heterocycles. The van der Waals surface area contributed by atoms with E-state index in [1.807, 2.05) is 0 Å². The van der Waals surface area contributed by atoms with Gasteiger partial charge in [-0.15, -0.1) is 0 Å². The first-order valence-electron chi connectivity index (χ1n) is 6.61. The van der Waals surface area contributed by atoms with E-state index in [-0.39, 0.29) is 18.6 Å². The Morgan fingerprint density at radius 2 is 2.06 bits per heavy atom. The number of ether oxygens (including phenoxy) is 1. The van der Waals surface area contributed by atoms with E-state index in [1.165, 1.54) is 7.11 Å².